The van der Waals surface area contributed by atoms with Crippen LogP contribution < -0.4 is 5.32 Å². The number of morpholine rings is 1. The molecule has 0 aliphatic carbocycles. The first-order valence-corrected chi connectivity index (χ1v) is 8.35. The van der Waals surface area contributed by atoms with Crippen LogP contribution >= 0.6 is 0 Å². The Hall–Kier alpha value is -0.900. The van der Waals surface area contributed by atoms with Crippen LogP contribution in [0.1, 0.15) is 42.5 Å². The van der Waals surface area contributed by atoms with Crippen molar-refractivity contribution in [1.29, 1.82) is 0 Å². The summed E-state index contributed by atoms with van der Waals surface area (Å²) in [6.45, 7) is 10.7. The van der Waals surface area contributed by atoms with Crippen LogP contribution in [0.15, 0.2) is 18.2 Å². The molecule has 3 atom stereocenters. The Kier molecular flexibility index (Phi) is 4.63. The summed E-state index contributed by atoms with van der Waals surface area (Å²) in [5, 5.41) is 3.66. The lowest BCUT2D eigenvalue weighted by Crippen LogP contribution is -2.50. The van der Waals surface area contributed by atoms with E-state index < -0.39 is 0 Å². The molecule has 0 amide bonds. The smallest absolute Gasteiger partial charge is 0.0897 e. The fourth-order valence-corrected chi connectivity index (χ4v) is 3.88. The Morgan fingerprint density at radius 1 is 1.38 bits per heavy atom. The zero-order valence-corrected chi connectivity index (χ0v) is 13.6. The Bertz CT molecular complexity index is 488. The van der Waals surface area contributed by atoms with Crippen molar-refractivity contribution >= 4 is 0 Å². The molecular weight excluding hydrogens is 260 g/mol. The maximum Gasteiger partial charge on any atom is 0.0897 e. The highest BCUT2D eigenvalue weighted by Gasteiger charge is 2.36. The monoisotopic (exact) mass is 288 g/mol. The molecule has 21 heavy (non-hydrogen) atoms. The lowest BCUT2D eigenvalue weighted by atomic mass is 9.94. The van der Waals surface area contributed by atoms with Crippen molar-refractivity contribution in [3.8, 4) is 0 Å². The van der Waals surface area contributed by atoms with Crippen LogP contribution in [0.25, 0.3) is 0 Å². The van der Waals surface area contributed by atoms with Crippen LogP contribution in [-0.4, -0.2) is 43.3 Å². The van der Waals surface area contributed by atoms with Gasteiger partial charge in [0.2, 0.25) is 0 Å². The van der Waals surface area contributed by atoms with E-state index in [-0.39, 0.29) is 6.10 Å². The lowest BCUT2D eigenvalue weighted by Gasteiger charge is -2.39. The molecule has 1 N–H and O–H groups in total. The number of hydrogen-bond donors (Lipinski definition) is 1. The van der Waals surface area contributed by atoms with Crippen molar-refractivity contribution in [2.45, 2.75) is 51.8 Å². The molecule has 2 aliphatic heterocycles. The number of ether oxygens (including phenoxy) is 1. The van der Waals surface area contributed by atoms with Gasteiger partial charge in [-0.2, -0.15) is 0 Å². The number of nitrogens with zero attached hydrogens (tertiary/aromatic N) is 1. The summed E-state index contributed by atoms with van der Waals surface area (Å²) in [4.78, 5) is 2.63. The first kappa shape index (κ1) is 15.0. The van der Waals surface area contributed by atoms with Gasteiger partial charge in [-0.15, -0.1) is 0 Å². The van der Waals surface area contributed by atoms with Crippen molar-refractivity contribution in [3.63, 3.8) is 0 Å². The predicted octanol–water partition coefficient (Wildman–Crippen LogP) is 2.82. The van der Waals surface area contributed by atoms with Crippen molar-refractivity contribution in [1.82, 2.24) is 10.2 Å². The van der Waals surface area contributed by atoms with Crippen LogP contribution in [0.3, 0.4) is 0 Å². The number of hydrogen-bond acceptors (Lipinski definition) is 3. The summed E-state index contributed by atoms with van der Waals surface area (Å²) < 4.78 is 6.24. The summed E-state index contributed by atoms with van der Waals surface area (Å²) >= 11 is 0. The molecule has 3 heteroatoms. The van der Waals surface area contributed by atoms with Gasteiger partial charge in [-0.25, -0.2) is 0 Å². The van der Waals surface area contributed by atoms with Gasteiger partial charge < -0.3 is 10.1 Å². The normalized spacial score (nSPS) is 27.6. The number of rotatable bonds is 4. The van der Waals surface area contributed by atoms with Crippen molar-refractivity contribution in [2.75, 3.05) is 26.2 Å². The van der Waals surface area contributed by atoms with E-state index in [4.69, 9.17) is 4.74 Å². The average Bonchev–Trinajstić information content (AvgIpc) is 2.93. The molecule has 2 aliphatic rings. The van der Waals surface area contributed by atoms with E-state index in [1.165, 1.54) is 36.1 Å². The Labute approximate surface area is 128 Å². The van der Waals surface area contributed by atoms with Crippen molar-refractivity contribution < 1.29 is 4.74 Å². The molecule has 0 saturated carbocycles. The zero-order chi connectivity index (χ0) is 14.8. The van der Waals surface area contributed by atoms with Crippen LogP contribution in [-0.2, 0) is 4.74 Å². The summed E-state index contributed by atoms with van der Waals surface area (Å²) in [5.74, 6) is 0. The van der Waals surface area contributed by atoms with Crippen LogP contribution in [0.2, 0.25) is 0 Å². The molecule has 2 fully saturated rings. The number of likely N-dealkylation sites (N-methyl/N-ethyl adjacent to an activating group) is 1. The van der Waals surface area contributed by atoms with Crippen LogP contribution in [0.4, 0.5) is 0 Å². The molecule has 2 saturated heterocycles. The molecule has 2 heterocycles. The third kappa shape index (κ3) is 3.15. The molecule has 3 unspecified atom stereocenters. The van der Waals surface area contributed by atoms with E-state index >= 15 is 0 Å². The van der Waals surface area contributed by atoms with E-state index in [2.05, 4.69) is 49.2 Å². The lowest BCUT2D eigenvalue weighted by molar-refractivity contribution is -0.0651. The van der Waals surface area contributed by atoms with Gasteiger partial charge in [-0.05, 0) is 50.9 Å². The minimum Gasteiger partial charge on any atom is -0.373 e. The average molecular weight is 288 g/mol. The first-order chi connectivity index (χ1) is 10.2. The van der Waals surface area contributed by atoms with Gasteiger partial charge in [0.1, 0.15) is 0 Å². The predicted molar refractivity (Wildman–Crippen MR) is 86.7 cm³/mol. The second-order valence-corrected chi connectivity index (χ2v) is 6.56. The summed E-state index contributed by atoms with van der Waals surface area (Å²) in [6.07, 6.45) is 2.90. The second-order valence-electron chi connectivity index (χ2n) is 6.56. The molecule has 0 bridgehead atoms. The van der Waals surface area contributed by atoms with E-state index in [0.717, 1.165) is 19.7 Å². The summed E-state index contributed by atoms with van der Waals surface area (Å²) in [5.41, 5.74) is 4.09. The molecule has 3 rings (SSSR count). The fourth-order valence-electron chi connectivity index (χ4n) is 3.88. The largest absolute Gasteiger partial charge is 0.373 e. The molecular formula is C18H28N2O. The molecule has 1 aromatic carbocycles. The maximum atomic E-state index is 6.24. The van der Waals surface area contributed by atoms with E-state index in [0.29, 0.717) is 12.1 Å². The van der Waals surface area contributed by atoms with Crippen molar-refractivity contribution in [3.05, 3.63) is 34.9 Å². The van der Waals surface area contributed by atoms with Gasteiger partial charge in [0.15, 0.2) is 0 Å². The van der Waals surface area contributed by atoms with E-state index in [9.17, 15) is 0 Å². The molecule has 0 aromatic heterocycles. The number of fused-ring (bicyclic) bond motifs is 1. The fraction of sp³-hybridized carbons (Fsp3) is 0.667. The number of aryl methyl sites for hydroxylation is 2. The zero-order valence-electron chi connectivity index (χ0n) is 13.6. The summed E-state index contributed by atoms with van der Waals surface area (Å²) in [7, 11) is 0. The standard InChI is InChI=1S/C18H28N2O/c1-4-19-18(16-8-7-13(2)10-14(16)3)17-11-20-9-5-6-15(20)12-21-17/h7-8,10,15,17-19H,4-6,9,11-12H2,1-3H3. The van der Waals surface area contributed by atoms with Gasteiger partial charge in [0.05, 0.1) is 18.8 Å². The summed E-state index contributed by atoms with van der Waals surface area (Å²) in [6, 6.07) is 7.74. The highest BCUT2D eigenvalue weighted by atomic mass is 16.5. The highest BCUT2D eigenvalue weighted by molar-refractivity contribution is 5.33. The van der Waals surface area contributed by atoms with Crippen LogP contribution in [0, 0.1) is 13.8 Å². The van der Waals surface area contributed by atoms with Crippen molar-refractivity contribution in [2.24, 2.45) is 0 Å². The topological polar surface area (TPSA) is 24.5 Å². The quantitative estimate of drug-likeness (QED) is 0.922. The Balaban J connectivity index is 1.80. The van der Waals surface area contributed by atoms with Gasteiger partial charge >= 0.3 is 0 Å². The van der Waals surface area contributed by atoms with Gasteiger partial charge in [0.25, 0.3) is 0 Å². The molecule has 116 valence electrons. The first-order valence-electron chi connectivity index (χ1n) is 8.35. The third-order valence-corrected chi connectivity index (χ3v) is 4.97. The second kappa shape index (κ2) is 6.47. The number of benzene rings is 1. The van der Waals surface area contributed by atoms with E-state index in [1.807, 2.05) is 0 Å². The SMILES string of the molecule is CCNC(c1ccc(C)cc1C)C1CN2CCCC2CO1. The molecule has 1 aromatic rings. The Morgan fingerprint density at radius 2 is 2.24 bits per heavy atom. The molecule has 3 nitrogen and oxygen atoms in total. The highest BCUT2D eigenvalue weighted by Crippen LogP contribution is 2.30. The minimum atomic E-state index is 0.265. The molecule has 0 spiro atoms. The molecule has 0 radical (unpaired) electrons. The third-order valence-electron chi connectivity index (χ3n) is 4.97. The van der Waals surface area contributed by atoms with E-state index in [1.54, 1.807) is 0 Å². The van der Waals surface area contributed by atoms with Crippen LogP contribution in [0.5, 0.6) is 0 Å². The number of nitrogens with one attached hydrogen (secondary N) is 1. The minimum absolute atomic E-state index is 0.265. The Morgan fingerprint density at radius 3 is 3.00 bits per heavy atom. The van der Waals surface area contributed by atoms with Gasteiger partial charge in [-0.3, -0.25) is 4.90 Å². The van der Waals surface area contributed by atoms with Gasteiger partial charge in [0, 0.05) is 12.6 Å². The van der Waals surface area contributed by atoms with Gasteiger partial charge in [-0.1, -0.05) is 30.7 Å². The maximum absolute atomic E-state index is 6.24.